The number of hydrogen-bond acceptors (Lipinski definition) is 3. The Kier molecular flexibility index (Phi) is 5.39. The molecule has 2 N–H and O–H groups in total. The predicted molar refractivity (Wildman–Crippen MR) is 97.9 cm³/mol. The summed E-state index contributed by atoms with van der Waals surface area (Å²) in [6.45, 7) is 1.80. The number of benzene rings is 1. The van der Waals surface area contributed by atoms with Gasteiger partial charge in [0.1, 0.15) is 18.3 Å². The van der Waals surface area contributed by atoms with Crippen LogP contribution in [0.25, 0.3) is 0 Å². The van der Waals surface area contributed by atoms with Crippen LogP contribution in [0.1, 0.15) is 42.6 Å². The minimum absolute atomic E-state index is 0.0725. The van der Waals surface area contributed by atoms with Gasteiger partial charge >= 0.3 is 0 Å². The average Bonchev–Trinajstić information content (AvgIpc) is 2.83. The first-order valence-electron chi connectivity index (χ1n) is 8.88. The van der Waals surface area contributed by atoms with Crippen LogP contribution < -0.4 is 5.73 Å². The number of nitrogens with zero attached hydrogens (tertiary/aromatic N) is 3. The molecule has 1 amide bonds. The molecular weight excluding hydrogens is 312 g/mol. The van der Waals surface area contributed by atoms with Crippen molar-refractivity contribution < 1.29 is 4.79 Å². The van der Waals surface area contributed by atoms with Crippen molar-refractivity contribution in [1.82, 2.24) is 9.47 Å². The van der Waals surface area contributed by atoms with Crippen LogP contribution in [-0.4, -0.2) is 28.5 Å². The van der Waals surface area contributed by atoms with Crippen molar-refractivity contribution in [3.05, 3.63) is 53.3 Å². The zero-order chi connectivity index (χ0) is 17.6. The van der Waals surface area contributed by atoms with Gasteiger partial charge in [0.15, 0.2) is 0 Å². The summed E-state index contributed by atoms with van der Waals surface area (Å²) < 4.78 is 1.79. The predicted octanol–water partition coefficient (Wildman–Crippen LogP) is 2.94. The number of rotatable bonds is 4. The summed E-state index contributed by atoms with van der Waals surface area (Å²) in [5.41, 5.74) is 9.12. The van der Waals surface area contributed by atoms with Gasteiger partial charge in [0.2, 0.25) is 5.91 Å². The zero-order valence-corrected chi connectivity index (χ0v) is 14.4. The van der Waals surface area contributed by atoms with Gasteiger partial charge in [0.05, 0.1) is 5.69 Å². The van der Waals surface area contributed by atoms with Crippen molar-refractivity contribution in [2.75, 3.05) is 18.8 Å². The van der Waals surface area contributed by atoms with Crippen molar-refractivity contribution in [3.63, 3.8) is 0 Å². The van der Waals surface area contributed by atoms with E-state index in [1.54, 1.807) is 10.6 Å². The number of nitriles is 1. The molecule has 0 unspecified atom stereocenters. The minimum Gasteiger partial charge on any atom is -0.397 e. The topological polar surface area (TPSA) is 75.0 Å². The van der Waals surface area contributed by atoms with E-state index < -0.39 is 0 Å². The lowest BCUT2D eigenvalue weighted by atomic mass is 10.1. The summed E-state index contributed by atoms with van der Waals surface area (Å²) in [5.74, 6) is 0.0725. The smallest absolute Gasteiger partial charge is 0.242 e. The van der Waals surface area contributed by atoms with Gasteiger partial charge in [-0.3, -0.25) is 4.79 Å². The summed E-state index contributed by atoms with van der Waals surface area (Å²) in [7, 11) is 0. The van der Waals surface area contributed by atoms with Crippen LogP contribution in [0.3, 0.4) is 0 Å². The average molecular weight is 336 g/mol. The van der Waals surface area contributed by atoms with E-state index >= 15 is 0 Å². The highest BCUT2D eigenvalue weighted by Gasteiger charge is 2.20. The van der Waals surface area contributed by atoms with Gasteiger partial charge in [-0.15, -0.1) is 0 Å². The fourth-order valence-corrected chi connectivity index (χ4v) is 3.43. The lowest BCUT2D eigenvalue weighted by Gasteiger charge is -2.21. The van der Waals surface area contributed by atoms with Gasteiger partial charge in [-0.25, -0.2) is 0 Å². The Labute approximate surface area is 148 Å². The van der Waals surface area contributed by atoms with E-state index in [4.69, 9.17) is 5.73 Å². The number of aromatic nitrogens is 1. The fourth-order valence-electron chi connectivity index (χ4n) is 3.43. The highest BCUT2D eigenvalue weighted by Crippen LogP contribution is 2.22. The number of carbonyl (C=O) groups is 1. The molecule has 0 bridgehead atoms. The van der Waals surface area contributed by atoms with Gasteiger partial charge < -0.3 is 15.2 Å². The summed E-state index contributed by atoms with van der Waals surface area (Å²) >= 11 is 0. The first kappa shape index (κ1) is 17.1. The van der Waals surface area contributed by atoms with Gasteiger partial charge in [0.25, 0.3) is 0 Å². The second-order valence-electron chi connectivity index (χ2n) is 6.59. The van der Waals surface area contributed by atoms with Crippen LogP contribution in [0.2, 0.25) is 0 Å². The lowest BCUT2D eigenvalue weighted by Crippen LogP contribution is -2.35. The maximum Gasteiger partial charge on any atom is 0.242 e. The molecule has 0 spiro atoms. The van der Waals surface area contributed by atoms with E-state index in [1.807, 2.05) is 35.2 Å². The largest absolute Gasteiger partial charge is 0.397 e. The number of anilines is 1. The zero-order valence-electron chi connectivity index (χ0n) is 14.4. The third-order valence-corrected chi connectivity index (χ3v) is 4.82. The summed E-state index contributed by atoms with van der Waals surface area (Å²) in [4.78, 5) is 14.7. The Morgan fingerprint density at radius 1 is 1.12 bits per heavy atom. The number of likely N-dealkylation sites (tertiary alicyclic amines) is 1. The van der Waals surface area contributed by atoms with Gasteiger partial charge in [-0.05, 0) is 24.5 Å². The maximum atomic E-state index is 12.8. The Morgan fingerprint density at radius 3 is 2.44 bits per heavy atom. The fraction of sp³-hybridized carbons (Fsp3) is 0.400. The molecule has 1 aliphatic heterocycles. The number of amides is 1. The van der Waals surface area contributed by atoms with Crippen molar-refractivity contribution in [2.24, 2.45) is 0 Å². The molecule has 0 radical (unpaired) electrons. The van der Waals surface area contributed by atoms with Crippen LogP contribution in [0.15, 0.2) is 36.4 Å². The van der Waals surface area contributed by atoms with Crippen molar-refractivity contribution in [3.8, 4) is 6.07 Å². The van der Waals surface area contributed by atoms with Crippen LogP contribution in [0, 0.1) is 11.3 Å². The molecule has 5 nitrogen and oxygen atoms in total. The molecular formula is C20H24N4O. The number of nitrogens with two attached hydrogens (primary N) is 1. The lowest BCUT2D eigenvalue weighted by molar-refractivity contribution is -0.131. The van der Waals surface area contributed by atoms with Crippen LogP contribution in [0.5, 0.6) is 0 Å². The highest BCUT2D eigenvalue weighted by atomic mass is 16.2. The van der Waals surface area contributed by atoms with E-state index in [0.29, 0.717) is 17.8 Å². The molecule has 3 rings (SSSR count). The SMILES string of the molecule is N#Cc1cc(N)c(Cc2ccccc2)n1CC(=O)N1CCCCCC1. The van der Waals surface area contributed by atoms with Crippen molar-refractivity contribution >= 4 is 11.6 Å². The molecule has 0 saturated carbocycles. The first-order valence-corrected chi connectivity index (χ1v) is 8.88. The second-order valence-corrected chi connectivity index (χ2v) is 6.59. The van der Waals surface area contributed by atoms with Crippen molar-refractivity contribution in [1.29, 1.82) is 5.26 Å². The maximum absolute atomic E-state index is 12.8. The van der Waals surface area contributed by atoms with E-state index in [0.717, 1.165) is 37.2 Å². The molecule has 1 saturated heterocycles. The van der Waals surface area contributed by atoms with Gasteiger partial charge in [-0.2, -0.15) is 5.26 Å². The van der Waals surface area contributed by atoms with Gasteiger partial charge in [-0.1, -0.05) is 43.2 Å². The van der Waals surface area contributed by atoms with Gasteiger partial charge in [0, 0.05) is 25.2 Å². The number of carbonyl (C=O) groups excluding carboxylic acids is 1. The third-order valence-electron chi connectivity index (χ3n) is 4.82. The Bertz CT molecular complexity index is 765. The number of hydrogen-bond donors (Lipinski definition) is 1. The standard InChI is InChI=1S/C20H24N4O/c21-14-17-13-18(22)19(12-16-8-4-3-5-9-16)24(17)15-20(25)23-10-6-1-2-7-11-23/h3-5,8-9,13H,1-2,6-7,10-12,15,22H2. The number of nitrogen functional groups attached to an aromatic ring is 1. The Morgan fingerprint density at radius 2 is 1.80 bits per heavy atom. The summed E-state index contributed by atoms with van der Waals surface area (Å²) in [6.07, 6.45) is 5.09. The molecule has 25 heavy (non-hydrogen) atoms. The highest BCUT2D eigenvalue weighted by molar-refractivity contribution is 5.77. The molecule has 1 aliphatic rings. The molecule has 1 aromatic carbocycles. The quantitative estimate of drug-likeness (QED) is 0.933. The monoisotopic (exact) mass is 336 g/mol. The Hall–Kier alpha value is -2.74. The van der Waals surface area contributed by atoms with Crippen LogP contribution in [-0.2, 0) is 17.8 Å². The summed E-state index contributed by atoms with van der Waals surface area (Å²) in [6, 6.07) is 13.8. The third kappa shape index (κ3) is 4.03. The molecule has 1 fully saturated rings. The van der Waals surface area contributed by atoms with E-state index in [2.05, 4.69) is 6.07 Å². The second kappa shape index (κ2) is 7.89. The molecule has 0 atom stereocenters. The summed E-state index contributed by atoms with van der Waals surface area (Å²) in [5, 5.41) is 9.44. The Balaban J connectivity index is 1.84. The van der Waals surface area contributed by atoms with E-state index in [-0.39, 0.29) is 12.5 Å². The molecule has 0 aliphatic carbocycles. The van der Waals surface area contributed by atoms with Crippen molar-refractivity contribution in [2.45, 2.75) is 38.6 Å². The molecule has 5 heteroatoms. The molecule has 130 valence electrons. The molecule has 1 aromatic heterocycles. The van der Waals surface area contributed by atoms with Crippen LogP contribution >= 0.6 is 0 Å². The van der Waals surface area contributed by atoms with E-state index in [1.165, 1.54) is 12.8 Å². The molecule has 2 aromatic rings. The first-order chi connectivity index (χ1) is 12.2. The normalized spacial score (nSPS) is 14.8. The van der Waals surface area contributed by atoms with Crippen LogP contribution in [0.4, 0.5) is 5.69 Å². The molecule has 2 heterocycles. The van der Waals surface area contributed by atoms with E-state index in [9.17, 15) is 10.1 Å². The minimum atomic E-state index is 0.0725.